The summed E-state index contributed by atoms with van der Waals surface area (Å²) in [7, 11) is 0. The summed E-state index contributed by atoms with van der Waals surface area (Å²) in [6.45, 7) is 6.10. The molecule has 0 fully saturated rings. The second-order valence-corrected chi connectivity index (χ2v) is 5.59. The number of amides is 1. The van der Waals surface area contributed by atoms with E-state index < -0.39 is 0 Å². The molecule has 5 nitrogen and oxygen atoms in total. The van der Waals surface area contributed by atoms with Crippen molar-refractivity contribution in [3.8, 4) is 0 Å². The van der Waals surface area contributed by atoms with E-state index in [-0.39, 0.29) is 11.3 Å². The van der Waals surface area contributed by atoms with Crippen LogP contribution >= 0.6 is 0 Å². The number of carbonyl (C=O) groups excluding carboxylic acids is 1. The summed E-state index contributed by atoms with van der Waals surface area (Å²) in [4.78, 5) is 20.6. The molecule has 1 amide bonds. The van der Waals surface area contributed by atoms with Crippen molar-refractivity contribution in [2.24, 2.45) is 0 Å². The van der Waals surface area contributed by atoms with Crippen LogP contribution in [-0.4, -0.2) is 15.9 Å². The van der Waals surface area contributed by atoms with Gasteiger partial charge in [-0.05, 0) is 12.1 Å². The summed E-state index contributed by atoms with van der Waals surface area (Å²) in [5.74, 6) is 0.463. The first kappa shape index (κ1) is 14.0. The van der Waals surface area contributed by atoms with Crippen molar-refractivity contribution in [1.29, 1.82) is 0 Å². The minimum atomic E-state index is -0.268. The average Bonchev–Trinajstić information content (AvgIpc) is 2.38. The largest absolute Gasteiger partial charge is 0.398 e. The molecule has 0 unspecified atom stereocenters. The van der Waals surface area contributed by atoms with Crippen LogP contribution in [0.15, 0.2) is 36.7 Å². The Morgan fingerprint density at radius 1 is 1.15 bits per heavy atom. The highest BCUT2D eigenvalue weighted by Gasteiger charge is 2.17. The number of nitrogens with zero attached hydrogens (tertiary/aromatic N) is 2. The molecule has 0 saturated heterocycles. The maximum Gasteiger partial charge on any atom is 0.257 e. The van der Waals surface area contributed by atoms with Gasteiger partial charge in [0, 0.05) is 11.1 Å². The van der Waals surface area contributed by atoms with Gasteiger partial charge in [-0.1, -0.05) is 32.9 Å². The Kier molecular flexibility index (Phi) is 3.70. The van der Waals surface area contributed by atoms with E-state index in [2.05, 4.69) is 15.3 Å². The highest BCUT2D eigenvalue weighted by atomic mass is 16.1. The average molecular weight is 270 g/mol. The highest BCUT2D eigenvalue weighted by Crippen LogP contribution is 2.19. The molecule has 0 radical (unpaired) electrons. The summed E-state index contributed by atoms with van der Waals surface area (Å²) in [5.41, 5.74) is 7.07. The first-order chi connectivity index (χ1) is 9.38. The monoisotopic (exact) mass is 270 g/mol. The normalized spacial score (nSPS) is 11.2. The molecule has 0 spiro atoms. The third kappa shape index (κ3) is 3.12. The summed E-state index contributed by atoms with van der Waals surface area (Å²) < 4.78 is 0. The van der Waals surface area contributed by atoms with Gasteiger partial charge in [0.1, 0.15) is 5.82 Å². The zero-order valence-corrected chi connectivity index (χ0v) is 11.8. The quantitative estimate of drug-likeness (QED) is 0.822. The van der Waals surface area contributed by atoms with Crippen LogP contribution in [0.25, 0.3) is 0 Å². The van der Waals surface area contributed by atoms with Gasteiger partial charge in [0.05, 0.1) is 23.6 Å². The lowest BCUT2D eigenvalue weighted by atomic mass is 9.96. The molecule has 0 aliphatic rings. The molecule has 2 rings (SSSR count). The van der Waals surface area contributed by atoms with E-state index in [1.165, 1.54) is 0 Å². The number of carbonyl (C=O) groups is 1. The molecule has 0 atom stereocenters. The molecular formula is C15H18N4O. The Morgan fingerprint density at radius 3 is 2.30 bits per heavy atom. The Hall–Kier alpha value is -2.43. The molecule has 5 heteroatoms. The van der Waals surface area contributed by atoms with Gasteiger partial charge in [-0.15, -0.1) is 0 Å². The predicted molar refractivity (Wildman–Crippen MR) is 79.5 cm³/mol. The van der Waals surface area contributed by atoms with E-state index in [0.717, 1.165) is 5.82 Å². The first-order valence-electron chi connectivity index (χ1n) is 6.36. The van der Waals surface area contributed by atoms with E-state index in [4.69, 9.17) is 5.73 Å². The van der Waals surface area contributed by atoms with Crippen molar-refractivity contribution in [3.63, 3.8) is 0 Å². The highest BCUT2D eigenvalue weighted by molar-refractivity contribution is 6.07. The Bertz CT molecular complexity index is 615. The maximum absolute atomic E-state index is 12.1. The molecule has 3 N–H and O–H groups in total. The molecule has 104 valence electrons. The van der Waals surface area contributed by atoms with Crippen LogP contribution in [0.3, 0.4) is 0 Å². The number of nitrogens with one attached hydrogen (secondary N) is 1. The van der Waals surface area contributed by atoms with Crippen LogP contribution in [0.1, 0.15) is 37.0 Å². The molecule has 1 aromatic heterocycles. The van der Waals surface area contributed by atoms with Crippen molar-refractivity contribution < 1.29 is 4.79 Å². The number of rotatable bonds is 2. The lowest BCUT2D eigenvalue weighted by molar-refractivity contribution is 0.102. The van der Waals surface area contributed by atoms with E-state index >= 15 is 0 Å². The SMILES string of the molecule is CC(C)(C)c1ncc(NC(=O)c2ccccc2N)cn1. The molecule has 1 heterocycles. The number of hydrogen-bond donors (Lipinski definition) is 2. The lowest BCUT2D eigenvalue weighted by Gasteiger charge is -2.16. The number of nitrogen functional groups attached to an aromatic ring is 1. The summed E-state index contributed by atoms with van der Waals surface area (Å²) in [6, 6.07) is 6.92. The van der Waals surface area contributed by atoms with Crippen LogP contribution in [0.5, 0.6) is 0 Å². The van der Waals surface area contributed by atoms with Crippen molar-refractivity contribution in [2.75, 3.05) is 11.1 Å². The van der Waals surface area contributed by atoms with Gasteiger partial charge in [0.25, 0.3) is 5.91 Å². The van der Waals surface area contributed by atoms with Crippen molar-refractivity contribution in [2.45, 2.75) is 26.2 Å². The number of benzene rings is 1. The Morgan fingerprint density at radius 2 is 1.75 bits per heavy atom. The van der Waals surface area contributed by atoms with Crippen LogP contribution < -0.4 is 11.1 Å². The Balaban J connectivity index is 2.15. The van der Waals surface area contributed by atoms with E-state index in [1.54, 1.807) is 36.7 Å². The fourth-order valence-electron chi connectivity index (χ4n) is 1.68. The third-order valence-corrected chi connectivity index (χ3v) is 2.79. The Labute approximate surface area is 118 Å². The molecular weight excluding hydrogens is 252 g/mol. The summed E-state index contributed by atoms with van der Waals surface area (Å²) in [5, 5.41) is 2.73. The second kappa shape index (κ2) is 5.28. The van der Waals surface area contributed by atoms with Gasteiger partial charge in [0.2, 0.25) is 0 Å². The van der Waals surface area contributed by atoms with Gasteiger partial charge in [-0.2, -0.15) is 0 Å². The first-order valence-corrected chi connectivity index (χ1v) is 6.36. The molecule has 2 aromatic rings. The maximum atomic E-state index is 12.1. The lowest BCUT2D eigenvalue weighted by Crippen LogP contribution is -2.17. The van der Waals surface area contributed by atoms with Crippen LogP contribution in [0.4, 0.5) is 11.4 Å². The number of anilines is 2. The van der Waals surface area contributed by atoms with E-state index in [0.29, 0.717) is 16.9 Å². The van der Waals surface area contributed by atoms with E-state index in [1.807, 2.05) is 20.8 Å². The van der Waals surface area contributed by atoms with Gasteiger partial charge in [-0.25, -0.2) is 9.97 Å². The van der Waals surface area contributed by atoms with Crippen molar-refractivity contribution in [1.82, 2.24) is 9.97 Å². The molecule has 0 aliphatic carbocycles. The standard InChI is InChI=1S/C15H18N4O/c1-15(2,3)14-17-8-10(9-18-14)19-13(20)11-6-4-5-7-12(11)16/h4-9H,16H2,1-3H3,(H,19,20). The minimum Gasteiger partial charge on any atom is -0.398 e. The molecule has 0 saturated carbocycles. The summed E-state index contributed by atoms with van der Waals surface area (Å²) in [6.07, 6.45) is 3.20. The van der Waals surface area contributed by atoms with Crippen LogP contribution in [0, 0.1) is 0 Å². The fourth-order valence-corrected chi connectivity index (χ4v) is 1.68. The van der Waals surface area contributed by atoms with Gasteiger partial charge < -0.3 is 11.1 Å². The van der Waals surface area contributed by atoms with Gasteiger partial charge >= 0.3 is 0 Å². The fraction of sp³-hybridized carbons (Fsp3) is 0.267. The zero-order chi connectivity index (χ0) is 14.8. The van der Waals surface area contributed by atoms with Crippen LogP contribution in [-0.2, 0) is 5.41 Å². The minimum absolute atomic E-state index is 0.119. The zero-order valence-electron chi connectivity index (χ0n) is 11.8. The van der Waals surface area contributed by atoms with Crippen molar-refractivity contribution >= 4 is 17.3 Å². The smallest absolute Gasteiger partial charge is 0.257 e. The third-order valence-electron chi connectivity index (χ3n) is 2.79. The predicted octanol–water partition coefficient (Wildman–Crippen LogP) is 2.61. The van der Waals surface area contributed by atoms with Gasteiger partial charge in [0.15, 0.2) is 0 Å². The van der Waals surface area contributed by atoms with Crippen molar-refractivity contribution in [3.05, 3.63) is 48.0 Å². The molecule has 1 aromatic carbocycles. The number of hydrogen-bond acceptors (Lipinski definition) is 4. The number of nitrogens with two attached hydrogens (primary N) is 1. The van der Waals surface area contributed by atoms with E-state index in [9.17, 15) is 4.79 Å². The van der Waals surface area contributed by atoms with Crippen LogP contribution in [0.2, 0.25) is 0 Å². The topological polar surface area (TPSA) is 80.9 Å². The summed E-state index contributed by atoms with van der Waals surface area (Å²) >= 11 is 0. The number of para-hydroxylation sites is 1. The molecule has 0 bridgehead atoms. The second-order valence-electron chi connectivity index (χ2n) is 5.59. The molecule has 20 heavy (non-hydrogen) atoms. The molecule has 0 aliphatic heterocycles. The number of aromatic nitrogens is 2. The van der Waals surface area contributed by atoms with Gasteiger partial charge in [-0.3, -0.25) is 4.79 Å².